The Morgan fingerprint density at radius 1 is 1.30 bits per heavy atom. The normalized spacial score (nSPS) is 14.0. The predicted molar refractivity (Wildman–Crippen MR) is 109 cm³/mol. The summed E-state index contributed by atoms with van der Waals surface area (Å²) in [5.41, 5.74) is 2.63. The summed E-state index contributed by atoms with van der Waals surface area (Å²) < 4.78 is 0. The molecule has 4 rings (SSSR count). The van der Waals surface area contributed by atoms with Gasteiger partial charge in [-0.2, -0.15) is 5.26 Å². The Morgan fingerprint density at radius 2 is 2.07 bits per heavy atom. The van der Waals surface area contributed by atoms with Gasteiger partial charge < -0.3 is 5.32 Å². The van der Waals surface area contributed by atoms with E-state index in [1.165, 1.54) is 28.6 Å². The van der Waals surface area contributed by atoms with E-state index in [0.29, 0.717) is 11.3 Å². The van der Waals surface area contributed by atoms with Gasteiger partial charge in [0.2, 0.25) is 5.91 Å². The number of amides is 1. The molecule has 0 saturated carbocycles. The molecule has 136 valence electrons. The number of nitrogens with one attached hydrogen (secondary N) is 1. The van der Waals surface area contributed by atoms with Crippen LogP contribution in [0.1, 0.15) is 35.2 Å². The maximum Gasteiger partial charge on any atom is 0.237 e. The number of benzene rings is 1. The van der Waals surface area contributed by atoms with E-state index >= 15 is 0 Å². The third-order valence-electron chi connectivity index (χ3n) is 4.58. The molecule has 1 aliphatic carbocycles. The number of hydrogen-bond donors (Lipinski definition) is 1. The molecular formula is C20H18N4OS2. The van der Waals surface area contributed by atoms with Crippen molar-refractivity contribution >= 4 is 44.9 Å². The van der Waals surface area contributed by atoms with Crippen molar-refractivity contribution in [2.24, 2.45) is 0 Å². The van der Waals surface area contributed by atoms with E-state index in [9.17, 15) is 4.79 Å². The molecule has 1 amide bonds. The van der Waals surface area contributed by atoms with Crippen LogP contribution in [0.4, 0.5) is 5.69 Å². The Hall–Kier alpha value is -2.43. The number of nitriles is 1. The van der Waals surface area contributed by atoms with Gasteiger partial charge in [0.1, 0.15) is 15.7 Å². The zero-order valence-electron chi connectivity index (χ0n) is 15.1. The first-order valence-electron chi connectivity index (χ1n) is 8.81. The van der Waals surface area contributed by atoms with Crippen LogP contribution in [0.25, 0.3) is 10.2 Å². The Labute approximate surface area is 165 Å². The fourth-order valence-corrected chi connectivity index (χ4v) is 5.64. The van der Waals surface area contributed by atoms with Crippen LogP contribution in [0.2, 0.25) is 0 Å². The van der Waals surface area contributed by atoms with Gasteiger partial charge in [-0.15, -0.1) is 11.3 Å². The number of rotatable bonds is 4. The molecule has 0 radical (unpaired) electrons. The van der Waals surface area contributed by atoms with Crippen molar-refractivity contribution in [1.29, 1.82) is 5.26 Å². The molecule has 27 heavy (non-hydrogen) atoms. The molecule has 3 aromatic rings. The predicted octanol–water partition coefficient (Wildman–Crippen LogP) is 4.48. The summed E-state index contributed by atoms with van der Waals surface area (Å²) in [7, 11) is 0. The standard InChI is InChI=1S/C20H18N4OS2/c1-11(18(25)24-14-8-6-13(10-21)7-9-14)26-19-17-15-4-3-5-16(15)27-20(17)23-12(2)22-19/h6-9,11H,3-5H2,1-2H3,(H,24,25)/t11-/m1/s1. The summed E-state index contributed by atoms with van der Waals surface area (Å²) in [6.07, 6.45) is 3.37. The third-order valence-corrected chi connectivity index (χ3v) is 6.85. The monoisotopic (exact) mass is 394 g/mol. The molecule has 1 atom stereocenters. The summed E-state index contributed by atoms with van der Waals surface area (Å²) in [6.45, 7) is 3.79. The fourth-order valence-electron chi connectivity index (χ4n) is 3.24. The van der Waals surface area contributed by atoms with Crippen LogP contribution < -0.4 is 5.32 Å². The lowest BCUT2D eigenvalue weighted by atomic mass is 10.2. The topological polar surface area (TPSA) is 78.7 Å². The van der Waals surface area contributed by atoms with Gasteiger partial charge in [-0.3, -0.25) is 4.79 Å². The molecule has 0 aliphatic heterocycles. The highest BCUT2D eigenvalue weighted by Crippen LogP contribution is 2.41. The van der Waals surface area contributed by atoms with Crippen LogP contribution in [0.3, 0.4) is 0 Å². The minimum absolute atomic E-state index is 0.0824. The zero-order valence-corrected chi connectivity index (χ0v) is 16.7. The van der Waals surface area contributed by atoms with E-state index < -0.39 is 0 Å². The Bertz CT molecular complexity index is 1070. The summed E-state index contributed by atoms with van der Waals surface area (Å²) >= 11 is 3.25. The van der Waals surface area contributed by atoms with Gasteiger partial charge in [0.05, 0.1) is 16.9 Å². The molecule has 0 unspecified atom stereocenters. The van der Waals surface area contributed by atoms with Crippen molar-refractivity contribution in [3.63, 3.8) is 0 Å². The van der Waals surface area contributed by atoms with E-state index in [1.807, 2.05) is 13.8 Å². The highest BCUT2D eigenvalue weighted by molar-refractivity contribution is 8.00. The highest BCUT2D eigenvalue weighted by Gasteiger charge is 2.24. The number of aromatic nitrogens is 2. The maximum absolute atomic E-state index is 12.6. The fraction of sp³-hybridized carbons (Fsp3) is 0.300. The Kier molecular flexibility index (Phi) is 4.85. The minimum atomic E-state index is -0.296. The second kappa shape index (κ2) is 7.29. The highest BCUT2D eigenvalue weighted by atomic mass is 32.2. The molecule has 1 aromatic carbocycles. The molecule has 0 fully saturated rings. The smallest absolute Gasteiger partial charge is 0.237 e. The SMILES string of the molecule is Cc1nc(S[C@H](C)C(=O)Nc2ccc(C#N)cc2)c2c3c(sc2n1)CCC3. The largest absolute Gasteiger partial charge is 0.325 e. The van der Waals surface area contributed by atoms with Crippen molar-refractivity contribution in [3.05, 3.63) is 46.1 Å². The van der Waals surface area contributed by atoms with E-state index in [0.717, 1.165) is 33.9 Å². The molecule has 1 N–H and O–H groups in total. The lowest BCUT2D eigenvalue weighted by Gasteiger charge is -2.13. The number of anilines is 1. The number of hydrogen-bond acceptors (Lipinski definition) is 6. The molecule has 5 nitrogen and oxygen atoms in total. The quantitative estimate of drug-likeness (QED) is 0.521. The van der Waals surface area contributed by atoms with Gasteiger partial charge in [-0.1, -0.05) is 11.8 Å². The van der Waals surface area contributed by atoms with Crippen LogP contribution in [-0.2, 0) is 17.6 Å². The Morgan fingerprint density at radius 3 is 2.81 bits per heavy atom. The molecule has 0 saturated heterocycles. The number of carbonyl (C=O) groups is 1. The molecule has 0 spiro atoms. The maximum atomic E-state index is 12.6. The molecule has 2 heterocycles. The van der Waals surface area contributed by atoms with Gasteiger partial charge in [0, 0.05) is 16.0 Å². The molecule has 0 bridgehead atoms. The number of thioether (sulfide) groups is 1. The van der Waals surface area contributed by atoms with Crippen LogP contribution in [-0.4, -0.2) is 21.1 Å². The van der Waals surface area contributed by atoms with E-state index in [4.69, 9.17) is 5.26 Å². The van der Waals surface area contributed by atoms with Crippen molar-refractivity contribution in [1.82, 2.24) is 9.97 Å². The lowest BCUT2D eigenvalue weighted by Crippen LogP contribution is -2.22. The number of nitrogens with zero attached hydrogens (tertiary/aromatic N) is 3. The second-order valence-electron chi connectivity index (χ2n) is 6.55. The number of aryl methyl sites for hydroxylation is 3. The lowest BCUT2D eigenvalue weighted by molar-refractivity contribution is -0.115. The van der Waals surface area contributed by atoms with E-state index in [2.05, 4.69) is 21.4 Å². The first kappa shape index (κ1) is 18.0. The van der Waals surface area contributed by atoms with Crippen molar-refractivity contribution in [2.45, 2.75) is 43.4 Å². The summed E-state index contributed by atoms with van der Waals surface area (Å²) in [6, 6.07) is 8.95. The summed E-state index contributed by atoms with van der Waals surface area (Å²) in [5.74, 6) is 0.658. The van der Waals surface area contributed by atoms with Gasteiger partial charge in [0.25, 0.3) is 0 Å². The molecule has 7 heteroatoms. The number of fused-ring (bicyclic) bond motifs is 3. The second-order valence-corrected chi connectivity index (χ2v) is 8.97. The van der Waals surface area contributed by atoms with Crippen LogP contribution in [0.5, 0.6) is 0 Å². The van der Waals surface area contributed by atoms with Gasteiger partial charge in [-0.05, 0) is 62.9 Å². The van der Waals surface area contributed by atoms with Crippen LogP contribution >= 0.6 is 23.1 Å². The Balaban J connectivity index is 1.56. The summed E-state index contributed by atoms with van der Waals surface area (Å²) in [5, 5.41) is 13.5. The number of carbonyl (C=O) groups excluding carboxylic acids is 1. The van der Waals surface area contributed by atoms with Crippen molar-refractivity contribution < 1.29 is 4.79 Å². The third kappa shape index (κ3) is 3.55. The van der Waals surface area contributed by atoms with Crippen molar-refractivity contribution in [2.75, 3.05) is 5.32 Å². The summed E-state index contributed by atoms with van der Waals surface area (Å²) in [4.78, 5) is 24.3. The van der Waals surface area contributed by atoms with E-state index in [1.54, 1.807) is 35.6 Å². The van der Waals surface area contributed by atoms with Crippen LogP contribution in [0, 0.1) is 18.3 Å². The van der Waals surface area contributed by atoms with Crippen molar-refractivity contribution in [3.8, 4) is 6.07 Å². The molecular weight excluding hydrogens is 376 g/mol. The van der Waals surface area contributed by atoms with E-state index in [-0.39, 0.29) is 11.2 Å². The van der Waals surface area contributed by atoms with Gasteiger partial charge >= 0.3 is 0 Å². The average molecular weight is 395 g/mol. The average Bonchev–Trinajstić information content (AvgIpc) is 3.22. The molecule has 2 aromatic heterocycles. The first-order chi connectivity index (χ1) is 13.0. The minimum Gasteiger partial charge on any atom is -0.325 e. The number of thiophene rings is 1. The van der Waals surface area contributed by atoms with Gasteiger partial charge in [-0.25, -0.2) is 9.97 Å². The zero-order chi connectivity index (χ0) is 19.0. The van der Waals surface area contributed by atoms with Crippen LogP contribution in [0.15, 0.2) is 29.3 Å². The first-order valence-corrected chi connectivity index (χ1v) is 10.5. The van der Waals surface area contributed by atoms with Gasteiger partial charge in [0.15, 0.2) is 0 Å². The molecule has 1 aliphatic rings.